The average molecular weight is 242 g/mol. The van der Waals surface area contributed by atoms with Gasteiger partial charge in [-0.15, -0.1) is 10.2 Å². The van der Waals surface area contributed by atoms with Crippen molar-refractivity contribution in [3.8, 4) is 0 Å². The van der Waals surface area contributed by atoms with E-state index in [2.05, 4.69) is 15.5 Å². The molecule has 16 heavy (non-hydrogen) atoms. The topological polar surface area (TPSA) is 75.1 Å². The zero-order chi connectivity index (χ0) is 11.5. The Kier molecular flexibility index (Phi) is 3.24. The second kappa shape index (κ2) is 4.65. The van der Waals surface area contributed by atoms with Gasteiger partial charge in [-0.3, -0.25) is 0 Å². The monoisotopic (exact) mass is 241 g/mol. The van der Waals surface area contributed by atoms with Crippen LogP contribution in [0, 0.1) is 0 Å². The molecule has 0 radical (unpaired) electrons. The van der Waals surface area contributed by atoms with Crippen LogP contribution in [0.4, 0.5) is 5.82 Å². The molecule has 0 aromatic carbocycles. The highest BCUT2D eigenvalue weighted by molar-refractivity contribution is 6.29. The van der Waals surface area contributed by atoms with E-state index in [4.69, 9.17) is 16.7 Å². The Morgan fingerprint density at radius 1 is 1.44 bits per heavy atom. The Morgan fingerprint density at radius 3 is 2.75 bits per heavy atom. The minimum absolute atomic E-state index is 0.0758. The Hall–Kier alpha value is -1.36. The van der Waals surface area contributed by atoms with Crippen molar-refractivity contribution in [1.82, 2.24) is 10.2 Å². The molecule has 0 bridgehead atoms. The summed E-state index contributed by atoms with van der Waals surface area (Å²) in [6.45, 7) is 0. The van der Waals surface area contributed by atoms with Crippen molar-refractivity contribution in [2.45, 2.75) is 31.7 Å². The van der Waals surface area contributed by atoms with Gasteiger partial charge in [0.05, 0.1) is 0 Å². The molecule has 2 rings (SSSR count). The number of carboxylic acid groups (broad SMARTS) is 1. The zero-order valence-electron chi connectivity index (χ0n) is 8.61. The predicted octanol–water partition coefficient (Wildman–Crippen LogP) is 2.18. The van der Waals surface area contributed by atoms with E-state index in [-0.39, 0.29) is 10.7 Å². The third-order valence-corrected chi connectivity index (χ3v) is 2.88. The minimum atomic E-state index is -1.04. The average Bonchev–Trinajstić information content (AvgIpc) is 2.73. The van der Waals surface area contributed by atoms with Crippen LogP contribution in [0.1, 0.15) is 36.0 Å². The number of carbonyl (C=O) groups is 1. The Labute approximate surface area is 97.8 Å². The first-order chi connectivity index (χ1) is 7.66. The van der Waals surface area contributed by atoms with Gasteiger partial charge in [-0.2, -0.15) is 0 Å². The molecular formula is C10H12ClN3O2. The molecule has 6 heteroatoms. The molecule has 2 N–H and O–H groups in total. The van der Waals surface area contributed by atoms with Gasteiger partial charge < -0.3 is 10.4 Å². The van der Waals surface area contributed by atoms with Gasteiger partial charge in [-0.05, 0) is 18.9 Å². The number of rotatable bonds is 3. The summed E-state index contributed by atoms with van der Waals surface area (Å²) in [6, 6.07) is 1.61. The van der Waals surface area contributed by atoms with E-state index < -0.39 is 5.97 Å². The molecular weight excluding hydrogens is 230 g/mol. The lowest BCUT2D eigenvalue weighted by Crippen LogP contribution is -2.18. The van der Waals surface area contributed by atoms with Crippen molar-refractivity contribution in [1.29, 1.82) is 0 Å². The predicted molar refractivity (Wildman–Crippen MR) is 59.9 cm³/mol. The van der Waals surface area contributed by atoms with Crippen molar-refractivity contribution in [2.75, 3.05) is 5.32 Å². The molecule has 1 aromatic rings. The van der Waals surface area contributed by atoms with Gasteiger partial charge in [0.2, 0.25) is 0 Å². The van der Waals surface area contributed by atoms with Crippen LogP contribution in [-0.4, -0.2) is 27.3 Å². The fourth-order valence-corrected chi connectivity index (χ4v) is 2.05. The van der Waals surface area contributed by atoms with E-state index >= 15 is 0 Å². The molecule has 0 atom stereocenters. The van der Waals surface area contributed by atoms with Crippen LogP contribution in [-0.2, 0) is 0 Å². The van der Waals surface area contributed by atoms with Gasteiger partial charge in [-0.25, -0.2) is 4.79 Å². The lowest BCUT2D eigenvalue weighted by Gasteiger charge is -2.13. The van der Waals surface area contributed by atoms with Crippen LogP contribution in [0.25, 0.3) is 0 Å². The third-order valence-electron chi connectivity index (χ3n) is 2.69. The number of hydrogen-bond acceptors (Lipinski definition) is 4. The van der Waals surface area contributed by atoms with E-state index in [0.29, 0.717) is 11.9 Å². The van der Waals surface area contributed by atoms with Crippen molar-refractivity contribution in [3.63, 3.8) is 0 Å². The van der Waals surface area contributed by atoms with Crippen LogP contribution in [0.15, 0.2) is 6.07 Å². The van der Waals surface area contributed by atoms with Gasteiger partial charge >= 0.3 is 5.97 Å². The van der Waals surface area contributed by atoms with Gasteiger partial charge in [0.15, 0.2) is 11.0 Å². The first-order valence-corrected chi connectivity index (χ1v) is 5.57. The lowest BCUT2D eigenvalue weighted by atomic mass is 10.2. The summed E-state index contributed by atoms with van der Waals surface area (Å²) in [6.07, 6.45) is 4.43. The quantitative estimate of drug-likeness (QED) is 0.848. The molecule has 5 nitrogen and oxygen atoms in total. The molecule has 1 aromatic heterocycles. The second-order valence-electron chi connectivity index (χ2n) is 3.86. The molecule has 1 saturated carbocycles. The number of aromatic carboxylic acids is 1. The van der Waals surface area contributed by atoms with Gasteiger partial charge in [0.1, 0.15) is 5.56 Å². The first-order valence-electron chi connectivity index (χ1n) is 5.20. The number of nitrogens with one attached hydrogen (secondary N) is 1. The normalized spacial score (nSPS) is 16.3. The maximum Gasteiger partial charge on any atom is 0.339 e. The van der Waals surface area contributed by atoms with Crippen LogP contribution in [0.5, 0.6) is 0 Å². The van der Waals surface area contributed by atoms with Crippen LogP contribution >= 0.6 is 11.6 Å². The van der Waals surface area contributed by atoms with E-state index in [0.717, 1.165) is 12.8 Å². The fraction of sp³-hybridized carbons (Fsp3) is 0.500. The molecule has 1 aliphatic carbocycles. The van der Waals surface area contributed by atoms with Crippen molar-refractivity contribution in [2.24, 2.45) is 0 Å². The van der Waals surface area contributed by atoms with Crippen LogP contribution in [0.2, 0.25) is 5.15 Å². The maximum absolute atomic E-state index is 11.0. The summed E-state index contributed by atoms with van der Waals surface area (Å²) in [5.41, 5.74) is 0.0758. The second-order valence-corrected chi connectivity index (χ2v) is 4.25. The fourth-order valence-electron chi connectivity index (χ4n) is 1.90. The van der Waals surface area contributed by atoms with Crippen LogP contribution < -0.4 is 5.32 Å². The SMILES string of the molecule is O=C(O)c1cc(Cl)nnc1NC1CCCC1. The number of halogens is 1. The van der Waals surface area contributed by atoms with E-state index in [1.54, 1.807) is 0 Å². The molecule has 0 aliphatic heterocycles. The Bertz CT molecular complexity index is 405. The Balaban J connectivity index is 2.21. The van der Waals surface area contributed by atoms with Crippen LogP contribution in [0.3, 0.4) is 0 Å². The molecule has 0 saturated heterocycles. The van der Waals surface area contributed by atoms with E-state index in [1.807, 2.05) is 0 Å². The van der Waals surface area contributed by atoms with E-state index in [9.17, 15) is 4.79 Å². The highest BCUT2D eigenvalue weighted by Crippen LogP contribution is 2.23. The van der Waals surface area contributed by atoms with Crippen molar-refractivity contribution in [3.05, 3.63) is 16.8 Å². The largest absolute Gasteiger partial charge is 0.478 e. The summed E-state index contributed by atoms with van der Waals surface area (Å²) in [5, 5.41) is 19.6. The third kappa shape index (κ3) is 2.41. The number of nitrogens with zero attached hydrogens (tertiary/aromatic N) is 2. The summed E-state index contributed by atoms with van der Waals surface area (Å²) in [4.78, 5) is 11.0. The number of aromatic nitrogens is 2. The standard InChI is InChI=1S/C10H12ClN3O2/c11-8-5-7(10(15)16)9(14-13-8)12-6-3-1-2-4-6/h5-6H,1-4H2,(H,12,14)(H,15,16). The van der Waals surface area contributed by atoms with Crippen molar-refractivity contribution < 1.29 is 9.90 Å². The van der Waals surface area contributed by atoms with Gasteiger partial charge in [0.25, 0.3) is 0 Å². The highest BCUT2D eigenvalue weighted by Gasteiger charge is 2.19. The first kappa shape index (κ1) is 11.1. The molecule has 86 valence electrons. The molecule has 0 spiro atoms. The lowest BCUT2D eigenvalue weighted by molar-refractivity contribution is 0.0697. The molecule has 1 heterocycles. The number of anilines is 1. The van der Waals surface area contributed by atoms with E-state index in [1.165, 1.54) is 18.9 Å². The summed E-state index contributed by atoms with van der Waals surface area (Å²) >= 11 is 5.61. The molecule has 1 fully saturated rings. The maximum atomic E-state index is 11.0. The Morgan fingerprint density at radius 2 is 2.12 bits per heavy atom. The number of hydrogen-bond donors (Lipinski definition) is 2. The smallest absolute Gasteiger partial charge is 0.339 e. The van der Waals surface area contributed by atoms with Crippen molar-refractivity contribution >= 4 is 23.4 Å². The molecule has 1 aliphatic rings. The summed E-state index contributed by atoms with van der Waals surface area (Å²) in [5.74, 6) is -0.735. The van der Waals surface area contributed by atoms with Gasteiger partial charge in [0, 0.05) is 6.04 Å². The van der Waals surface area contributed by atoms with Gasteiger partial charge in [-0.1, -0.05) is 24.4 Å². The molecule has 0 unspecified atom stereocenters. The highest BCUT2D eigenvalue weighted by atomic mass is 35.5. The summed E-state index contributed by atoms with van der Waals surface area (Å²) in [7, 11) is 0. The number of carboxylic acids is 1. The summed E-state index contributed by atoms with van der Waals surface area (Å²) < 4.78 is 0. The minimum Gasteiger partial charge on any atom is -0.478 e. The zero-order valence-corrected chi connectivity index (χ0v) is 9.37. The molecule has 0 amide bonds.